The van der Waals surface area contributed by atoms with Gasteiger partial charge in [0, 0.05) is 0 Å². The quantitative estimate of drug-likeness (QED) is 0.423. The van der Waals surface area contributed by atoms with Crippen molar-refractivity contribution in [3.63, 3.8) is 0 Å². The second kappa shape index (κ2) is 9.98. The fraction of sp³-hybridized carbons (Fsp3) is 0.857. The van der Waals surface area contributed by atoms with Crippen LogP contribution in [-0.2, 0) is 32.7 Å². The number of rotatable bonds is 11. The maximum Gasteiger partial charge on any atom is 0.348 e. The first-order chi connectivity index (χ1) is 10.4. The molecule has 0 aliphatic rings. The maximum atomic E-state index is 13.2. The summed E-state index contributed by atoms with van der Waals surface area (Å²) in [5.74, 6) is -1.41. The van der Waals surface area contributed by atoms with Crippen LogP contribution in [0, 0.1) is 0 Å². The van der Waals surface area contributed by atoms with E-state index in [0.717, 1.165) is 0 Å². The van der Waals surface area contributed by atoms with E-state index in [2.05, 4.69) is 0 Å². The van der Waals surface area contributed by atoms with Crippen molar-refractivity contribution in [1.82, 2.24) is 0 Å². The highest BCUT2D eigenvalue weighted by Crippen LogP contribution is 2.63. The number of carbonyl (C=O) groups excluding carboxylic acids is 2. The summed E-state index contributed by atoms with van der Waals surface area (Å²) < 4.78 is 33.7. The summed E-state index contributed by atoms with van der Waals surface area (Å²) in [6.45, 7) is 8.64. The zero-order chi connectivity index (χ0) is 17.2. The van der Waals surface area contributed by atoms with Gasteiger partial charge in [-0.2, -0.15) is 0 Å². The van der Waals surface area contributed by atoms with E-state index in [-0.39, 0.29) is 32.8 Å². The monoisotopic (exact) mass is 338 g/mol. The predicted molar refractivity (Wildman–Crippen MR) is 81.8 cm³/mol. The summed E-state index contributed by atoms with van der Waals surface area (Å²) >= 11 is 0. The van der Waals surface area contributed by atoms with Crippen molar-refractivity contribution in [2.24, 2.45) is 0 Å². The average molecular weight is 338 g/mol. The molecule has 0 radical (unpaired) electrons. The van der Waals surface area contributed by atoms with Gasteiger partial charge in [-0.15, -0.1) is 0 Å². The lowest BCUT2D eigenvalue weighted by molar-refractivity contribution is -0.154. The smallest absolute Gasteiger partial charge is 0.348 e. The van der Waals surface area contributed by atoms with Gasteiger partial charge in [0.25, 0.3) is 0 Å². The van der Waals surface area contributed by atoms with Crippen LogP contribution in [0.4, 0.5) is 0 Å². The molecule has 8 heteroatoms. The molecule has 0 rings (SSSR count). The molecule has 1 unspecified atom stereocenters. The summed E-state index contributed by atoms with van der Waals surface area (Å²) in [6.07, 6.45) is -0.338. The molecule has 0 aliphatic heterocycles. The summed E-state index contributed by atoms with van der Waals surface area (Å²) in [5, 5.41) is -1.69. The molecular weight excluding hydrogens is 311 g/mol. The van der Waals surface area contributed by atoms with E-state index in [9.17, 15) is 14.2 Å². The van der Waals surface area contributed by atoms with Crippen LogP contribution in [-0.4, -0.2) is 43.5 Å². The molecule has 22 heavy (non-hydrogen) atoms. The molecule has 130 valence electrons. The Bertz CT molecular complexity index is 400. The Labute approximate surface area is 132 Å². The van der Waals surface area contributed by atoms with Gasteiger partial charge in [-0.3, -0.25) is 14.2 Å². The van der Waals surface area contributed by atoms with Gasteiger partial charge < -0.3 is 18.5 Å². The molecule has 0 heterocycles. The lowest BCUT2D eigenvalue weighted by atomic mass is 10.0. The molecule has 0 saturated carbocycles. The first-order valence-corrected chi connectivity index (χ1v) is 9.13. The van der Waals surface area contributed by atoms with E-state index in [1.807, 2.05) is 0 Å². The van der Waals surface area contributed by atoms with E-state index >= 15 is 0 Å². The van der Waals surface area contributed by atoms with Crippen molar-refractivity contribution in [3.8, 4) is 0 Å². The minimum Gasteiger partial charge on any atom is -0.466 e. The SMILES string of the molecule is CCOC(=O)CC(CC)(C(=O)OCC)P(=O)(OCC)OCC. The highest BCUT2D eigenvalue weighted by Gasteiger charge is 2.58. The van der Waals surface area contributed by atoms with Gasteiger partial charge in [0.15, 0.2) is 5.16 Å². The lowest BCUT2D eigenvalue weighted by Gasteiger charge is -2.35. The number of ether oxygens (including phenoxy) is 2. The minimum absolute atomic E-state index is 0.0714. The molecule has 0 fully saturated rings. The van der Waals surface area contributed by atoms with Crippen molar-refractivity contribution >= 4 is 19.5 Å². The van der Waals surface area contributed by atoms with Gasteiger partial charge in [-0.1, -0.05) is 6.92 Å². The van der Waals surface area contributed by atoms with Crippen molar-refractivity contribution in [3.05, 3.63) is 0 Å². The van der Waals surface area contributed by atoms with Crippen LogP contribution in [0.5, 0.6) is 0 Å². The van der Waals surface area contributed by atoms with E-state index in [1.54, 1.807) is 34.6 Å². The molecular formula is C14H27O7P. The van der Waals surface area contributed by atoms with Gasteiger partial charge in [0.2, 0.25) is 0 Å². The van der Waals surface area contributed by atoms with Crippen molar-refractivity contribution in [1.29, 1.82) is 0 Å². The Morgan fingerprint density at radius 1 is 0.864 bits per heavy atom. The number of carbonyl (C=O) groups is 2. The normalized spacial score (nSPS) is 14.2. The molecule has 0 amide bonds. The second-order valence-corrected chi connectivity index (χ2v) is 6.79. The Hall–Kier alpha value is -0.910. The summed E-state index contributed by atoms with van der Waals surface area (Å²) in [6, 6.07) is 0. The Morgan fingerprint density at radius 3 is 1.73 bits per heavy atom. The lowest BCUT2D eigenvalue weighted by Crippen LogP contribution is -2.43. The molecule has 0 aliphatic carbocycles. The molecule has 0 aromatic carbocycles. The van der Waals surface area contributed by atoms with Crippen LogP contribution in [0.25, 0.3) is 0 Å². The van der Waals surface area contributed by atoms with Gasteiger partial charge >= 0.3 is 19.5 Å². The maximum absolute atomic E-state index is 13.2. The molecule has 0 N–H and O–H groups in total. The topological polar surface area (TPSA) is 88.1 Å². The zero-order valence-electron chi connectivity index (χ0n) is 14.0. The van der Waals surface area contributed by atoms with Crippen LogP contribution < -0.4 is 0 Å². The van der Waals surface area contributed by atoms with E-state index in [1.165, 1.54) is 0 Å². The van der Waals surface area contributed by atoms with Crippen molar-refractivity contribution in [2.75, 3.05) is 26.4 Å². The van der Waals surface area contributed by atoms with Crippen LogP contribution in [0.1, 0.15) is 47.5 Å². The van der Waals surface area contributed by atoms with Crippen LogP contribution in [0.3, 0.4) is 0 Å². The Morgan fingerprint density at radius 2 is 1.36 bits per heavy atom. The number of hydrogen-bond acceptors (Lipinski definition) is 7. The number of esters is 2. The van der Waals surface area contributed by atoms with Crippen LogP contribution in [0.2, 0.25) is 0 Å². The average Bonchev–Trinajstić information content (AvgIpc) is 2.45. The molecule has 0 aromatic rings. The Kier molecular flexibility index (Phi) is 9.56. The van der Waals surface area contributed by atoms with Crippen molar-refractivity contribution < 1.29 is 32.7 Å². The summed E-state index contributed by atoms with van der Waals surface area (Å²) in [5.41, 5.74) is 0. The molecule has 0 bridgehead atoms. The van der Waals surface area contributed by atoms with Crippen LogP contribution >= 0.6 is 7.60 Å². The molecule has 0 saturated heterocycles. The van der Waals surface area contributed by atoms with E-state index < -0.39 is 31.1 Å². The first kappa shape index (κ1) is 21.1. The largest absolute Gasteiger partial charge is 0.466 e. The molecule has 7 nitrogen and oxygen atoms in total. The van der Waals surface area contributed by atoms with Gasteiger partial charge in [-0.25, -0.2) is 0 Å². The highest BCUT2D eigenvalue weighted by atomic mass is 31.2. The van der Waals surface area contributed by atoms with Crippen LogP contribution in [0.15, 0.2) is 0 Å². The van der Waals surface area contributed by atoms with Crippen molar-refractivity contribution in [2.45, 2.75) is 52.6 Å². The third-order valence-electron chi connectivity index (χ3n) is 3.10. The predicted octanol–water partition coefficient (Wildman–Crippen LogP) is 2.92. The fourth-order valence-corrected chi connectivity index (χ4v) is 4.33. The second-order valence-electron chi connectivity index (χ2n) is 4.42. The number of hydrogen-bond donors (Lipinski definition) is 0. The van der Waals surface area contributed by atoms with E-state index in [0.29, 0.717) is 0 Å². The Balaban J connectivity index is 5.84. The molecule has 0 spiro atoms. The summed E-state index contributed by atoms with van der Waals surface area (Å²) in [4.78, 5) is 24.4. The molecule has 0 aromatic heterocycles. The fourth-order valence-electron chi connectivity index (χ4n) is 2.08. The first-order valence-electron chi connectivity index (χ1n) is 7.59. The standard InChI is InChI=1S/C14H27O7P/c1-6-14(13(16)19-8-3,11-12(15)18-7-2)22(17,20-9-4)21-10-5/h6-11H2,1-5H3. The van der Waals surface area contributed by atoms with Gasteiger partial charge in [0.05, 0.1) is 32.8 Å². The third kappa shape index (κ3) is 4.80. The molecule has 1 atom stereocenters. The van der Waals surface area contributed by atoms with Gasteiger partial charge in [0.1, 0.15) is 0 Å². The van der Waals surface area contributed by atoms with E-state index in [4.69, 9.17) is 18.5 Å². The highest BCUT2D eigenvalue weighted by molar-refractivity contribution is 7.56. The zero-order valence-corrected chi connectivity index (χ0v) is 14.9. The summed E-state index contributed by atoms with van der Waals surface area (Å²) in [7, 11) is -3.90. The third-order valence-corrected chi connectivity index (χ3v) is 6.01. The minimum atomic E-state index is -3.90. The van der Waals surface area contributed by atoms with Gasteiger partial charge in [-0.05, 0) is 34.1 Å².